The van der Waals surface area contributed by atoms with E-state index in [2.05, 4.69) is 36.5 Å². The number of benzene rings is 3. The van der Waals surface area contributed by atoms with Crippen molar-refractivity contribution in [3.8, 4) is 11.5 Å². The first-order valence-corrected chi connectivity index (χ1v) is 11.8. The minimum atomic E-state index is -0.311. The Bertz CT molecular complexity index is 1090. The van der Waals surface area contributed by atoms with Gasteiger partial charge >= 0.3 is 5.97 Å². The Labute approximate surface area is 202 Å². The normalized spacial score (nSPS) is 10.6. The molecule has 178 valence electrons. The lowest BCUT2D eigenvalue weighted by atomic mass is 10.0. The molecule has 0 unspecified atom stereocenters. The second-order valence-corrected chi connectivity index (χ2v) is 8.36. The van der Waals surface area contributed by atoms with Gasteiger partial charge in [-0.2, -0.15) is 0 Å². The molecular formula is C29H33NO4. The van der Waals surface area contributed by atoms with Gasteiger partial charge in [0.25, 0.3) is 5.91 Å². The molecule has 0 aliphatic heterocycles. The van der Waals surface area contributed by atoms with Crippen molar-refractivity contribution >= 4 is 11.9 Å². The molecule has 0 radical (unpaired) electrons. The van der Waals surface area contributed by atoms with Crippen molar-refractivity contribution in [2.45, 2.75) is 53.1 Å². The molecule has 0 heterocycles. The van der Waals surface area contributed by atoms with Crippen LogP contribution in [0.3, 0.4) is 0 Å². The summed E-state index contributed by atoms with van der Waals surface area (Å²) in [6, 6.07) is 21.1. The summed E-state index contributed by atoms with van der Waals surface area (Å²) in [5.41, 5.74) is 4.89. The van der Waals surface area contributed by atoms with Crippen LogP contribution in [0.5, 0.6) is 11.5 Å². The smallest absolute Gasteiger partial charge is 0.311 e. The quantitative estimate of drug-likeness (QED) is 0.219. The van der Waals surface area contributed by atoms with Gasteiger partial charge in [0.05, 0.1) is 0 Å². The fourth-order valence-corrected chi connectivity index (χ4v) is 3.65. The molecule has 5 heteroatoms. The Balaban J connectivity index is 1.47. The number of carbonyl (C=O) groups excluding carboxylic acids is 2. The molecule has 1 N–H and O–H groups in total. The van der Waals surface area contributed by atoms with Gasteiger partial charge in [-0.3, -0.25) is 9.59 Å². The topological polar surface area (TPSA) is 64.6 Å². The summed E-state index contributed by atoms with van der Waals surface area (Å²) in [5.74, 6) is 0.831. The first-order chi connectivity index (χ1) is 16.5. The Morgan fingerprint density at radius 2 is 1.56 bits per heavy atom. The number of rotatable bonds is 11. The van der Waals surface area contributed by atoms with Crippen LogP contribution in [-0.2, 0) is 17.8 Å². The van der Waals surface area contributed by atoms with Crippen LogP contribution < -0.4 is 14.8 Å². The van der Waals surface area contributed by atoms with Gasteiger partial charge in [-0.25, -0.2) is 0 Å². The standard InChI is InChI=1S/C29H33NO4/c1-4-9-23-13-15-24(16-14-23)20-33-27-18-17-26(21(2)22(27)3)29(32)30-19-8-12-28(31)34-25-10-6-5-7-11-25/h5-7,10-11,13-18H,4,8-9,12,19-20H2,1-3H3,(H,30,32). The number of para-hydroxylation sites is 1. The van der Waals surface area contributed by atoms with Gasteiger partial charge in [0.15, 0.2) is 0 Å². The van der Waals surface area contributed by atoms with Gasteiger partial charge in [0, 0.05) is 18.5 Å². The van der Waals surface area contributed by atoms with E-state index in [1.54, 1.807) is 18.2 Å². The van der Waals surface area contributed by atoms with Gasteiger partial charge in [-0.15, -0.1) is 0 Å². The van der Waals surface area contributed by atoms with Gasteiger partial charge in [0.2, 0.25) is 0 Å². The summed E-state index contributed by atoms with van der Waals surface area (Å²) >= 11 is 0. The fourth-order valence-electron chi connectivity index (χ4n) is 3.65. The maximum absolute atomic E-state index is 12.7. The molecule has 5 nitrogen and oxygen atoms in total. The highest BCUT2D eigenvalue weighted by molar-refractivity contribution is 5.96. The number of hydrogen-bond donors (Lipinski definition) is 1. The van der Waals surface area contributed by atoms with Crippen molar-refractivity contribution in [2.75, 3.05) is 6.54 Å². The van der Waals surface area contributed by atoms with Crippen LogP contribution in [0.15, 0.2) is 66.7 Å². The van der Waals surface area contributed by atoms with Crippen LogP contribution in [0.25, 0.3) is 0 Å². The molecule has 3 aromatic carbocycles. The van der Waals surface area contributed by atoms with E-state index in [9.17, 15) is 9.59 Å². The predicted octanol–water partition coefficient (Wildman–Crippen LogP) is 5.95. The van der Waals surface area contributed by atoms with Crippen molar-refractivity contribution in [2.24, 2.45) is 0 Å². The molecule has 3 aromatic rings. The van der Waals surface area contributed by atoms with Crippen molar-refractivity contribution in [1.82, 2.24) is 5.32 Å². The molecule has 0 bridgehead atoms. The minimum absolute atomic E-state index is 0.157. The predicted molar refractivity (Wildman–Crippen MR) is 134 cm³/mol. The van der Waals surface area contributed by atoms with Crippen molar-refractivity contribution in [1.29, 1.82) is 0 Å². The lowest BCUT2D eigenvalue weighted by Crippen LogP contribution is -2.26. The highest BCUT2D eigenvalue weighted by Crippen LogP contribution is 2.25. The monoisotopic (exact) mass is 459 g/mol. The van der Waals surface area contributed by atoms with Gasteiger partial charge in [0.1, 0.15) is 18.1 Å². The zero-order chi connectivity index (χ0) is 24.3. The van der Waals surface area contributed by atoms with Crippen LogP contribution in [0.4, 0.5) is 0 Å². The third-order valence-electron chi connectivity index (χ3n) is 5.76. The van der Waals surface area contributed by atoms with Crippen molar-refractivity contribution < 1.29 is 19.1 Å². The van der Waals surface area contributed by atoms with Crippen LogP contribution >= 0.6 is 0 Å². The van der Waals surface area contributed by atoms with E-state index in [0.717, 1.165) is 35.3 Å². The lowest BCUT2D eigenvalue weighted by molar-refractivity contribution is -0.134. The summed E-state index contributed by atoms with van der Waals surface area (Å²) in [6.07, 6.45) is 2.96. The number of carbonyl (C=O) groups is 2. The summed E-state index contributed by atoms with van der Waals surface area (Å²) in [7, 11) is 0. The largest absolute Gasteiger partial charge is 0.489 e. The van der Waals surface area contributed by atoms with Crippen LogP contribution in [0.1, 0.15) is 58.8 Å². The average Bonchev–Trinajstić information content (AvgIpc) is 2.84. The Morgan fingerprint density at radius 1 is 0.853 bits per heavy atom. The van der Waals surface area contributed by atoms with Gasteiger partial charge in [-0.05, 0) is 73.2 Å². The Kier molecular flexibility index (Phi) is 9.27. The van der Waals surface area contributed by atoms with E-state index in [0.29, 0.717) is 30.9 Å². The summed E-state index contributed by atoms with van der Waals surface area (Å²) < 4.78 is 11.3. The SMILES string of the molecule is CCCc1ccc(COc2ccc(C(=O)NCCCC(=O)Oc3ccccc3)c(C)c2C)cc1. The molecular weight excluding hydrogens is 426 g/mol. The number of esters is 1. The maximum atomic E-state index is 12.7. The molecule has 0 atom stereocenters. The molecule has 0 saturated carbocycles. The highest BCUT2D eigenvalue weighted by Gasteiger charge is 2.14. The van der Waals surface area contributed by atoms with E-state index in [1.165, 1.54) is 5.56 Å². The first kappa shape index (κ1) is 25.0. The van der Waals surface area contributed by atoms with E-state index in [-0.39, 0.29) is 18.3 Å². The summed E-state index contributed by atoms with van der Waals surface area (Å²) in [5, 5.41) is 2.89. The molecule has 34 heavy (non-hydrogen) atoms. The molecule has 0 saturated heterocycles. The Hall–Kier alpha value is -3.60. The number of ether oxygens (including phenoxy) is 2. The zero-order valence-corrected chi connectivity index (χ0v) is 20.2. The van der Waals surface area contributed by atoms with Crippen molar-refractivity contribution in [3.63, 3.8) is 0 Å². The van der Waals surface area contributed by atoms with E-state index in [1.807, 2.05) is 38.1 Å². The first-order valence-electron chi connectivity index (χ1n) is 11.8. The van der Waals surface area contributed by atoms with Crippen molar-refractivity contribution in [3.05, 3.63) is 94.5 Å². The lowest BCUT2D eigenvalue weighted by Gasteiger charge is -2.15. The van der Waals surface area contributed by atoms with Crippen LogP contribution in [-0.4, -0.2) is 18.4 Å². The molecule has 0 spiro atoms. The molecule has 0 aliphatic carbocycles. The number of aryl methyl sites for hydroxylation is 1. The second-order valence-electron chi connectivity index (χ2n) is 8.36. The molecule has 0 aliphatic rings. The molecule has 0 fully saturated rings. The van der Waals surface area contributed by atoms with Gasteiger partial charge < -0.3 is 14.8 Å². The van der Waals surface area contributed by atoms with E-state index >= 15 is 0 Å². The molecule has 0 aromatic heterocycles. The molecule has 1 amide bonds. The number of nitrogens with one attached hydrogen (secondary N) is 1. The Morgan fingerprint density at radius 3 is 2.26 bits per heavy atom. The summed E-state index contributed by atoms with van der Waals surface area (Å²) in [6.45, 7) is 6.94. The van der Waals surface area contributed by atoms with Crippen LogP contribution in [0.2, 0.25) is 0 Å². The maximum Gasteiger partial charge on any atom is 0.311 e. The average molecular weight is 460 g/mol. The fraction of sp³-hybridized carbons (Fsp3) is 0.310. The minimum Gasteiger partial charge on any atom is -0.489 e. The number of hydrogen-bond acceptors (Lipinski definition) is 4. The number of amides is 1. The summed E-state index contributed by atoms with van der Waals surface area (Å²) in [4.78, 5) is 24.6. The van der Waals surface area contributed by atoms with Crippen LogP contribution in [0, 0.1) is 13.8 Å². The second kappa shape index (κ2) is 12.6. The van der Waals surface area contributed by atoms with E-state index in [4.69, 9.17) is 9.47 Å². The third kappa shape index (κ3) is 7.20. The highest BCUT2D eigenvalue weighted by atomic mass is 16.5. The third-order valence-corrected chi connectivity index (χ3v) is 5.76. The van der Waals surface area contributed by atoms with Gasteiger partial charge in [-0.1, -0.05) is 55.8 Å². The van der Waals surface area contributed by atoms with E-state index < -0.39 is 0 Å². The molecule has 3 rings (SSSR count). The zero-order valence-electron chi connectivity index (χ0n) is 20.2.